The fourth-order valence-electron chi connectivity index (χ4n) is 2.77. The van der Waals surface area contributed by atoms with E-state index < -0.39 is 0 Å². The molecular formula is C20H17BrCl2N2O2S. The number of hydrogen-bond donors (Lipinski definition) is 0. The van der Waals surface area contributed by atoms with Gasteiger partial charge in [-0.1, -0.05) is 35.3 Å². The van der Waals surface area contributed by atoms with Crippen LogP contribution in [0.2, 0.25) is 10.0 Å². The molecule has 2 aromatic rings. The summed E-state index contributed by atoms with van der Waals surface area (Å²) in [5.74, 6) is 0.578. The van der Waals surface area contributed by atoms with Gasteiger partial charge in [0.1, 0.15) is 18.1 Å². The maximum atomic E-state index is 12.5. The molecule has 1 aliphatic heterocycles. The van der Waals surface area contributed by atoms with Crippen molar-refractivity contribution in [3.05, 3.63) is 67.7 Å². The van der Waals surface area contributed by atoms with Crippen LogP contribution >= 0.6 is 51.3 Å². The topological polar surface area (TPSA) is 32.8 Å². The highest BCUT2D eigenvalue weighted by Gasteiger charge is 2.34. The van der Waals surface area contributed by atoms with E-state index in [2.05, 4.69) is 15.9 Å². The van der Waals surface area contributed by atoms with Crippen molar-refractivity contribution < 1.29 is 9.53 Å². The molecule has 146 valence electrons. The van der Waals surface area contributed by atoms with E-state index in [1.54, 1.807) is 29.0 Å². The maximum Gasteiger partial charge on any atom is 0.276 e. The summed E-state index contributed by atoms with van der Waals surface area (Å²) in [6, 6.07) is 10.9. The molecule has 1 amide bonds. The second-order valence-electron chi connectivity index (χ2n) is 6.13. The van der Waals surface area contributed by atoms with Crippen LogP contribution in [-0.4, -0.2) is 34.4 Å². The number of likely N-dealkylation sites (N-methyl/N-ethyl adjacent to an activating group) is 2. The fourth-order valence-corrected chi connectivity index (χ4v) is 4.05. The normalized spacial score (nSPS) is 15.7. The van der Waals surface area contributed by atoms with Gasteiger partial charge >= 0.3 is 0 Å². The van der Waals surface area contributed by atoms with E-state index in [0.29, 0.717) is 39.8 Å². The second kappa shape index (κ2) is 8.82. The van der Waals surface area contributed by atoms with Gasteiger partial charge in [0.2, 0.25) is 0 Å². The van der Waals surface area contributed by atoms with Crippen LogP contribution in [0.5, 0.6) is 5.75 Å². The molecule has 2 aromatic carbocycles. The second-order valence-corrected chi connectivity index (χ2v) is 8.20. The van der Waals surface area contributed by atoms with Crippen molar-refractivity contribution >= 4 is 68.4 Å². The zero-order valence-electron chi connectivity index (χ0n) is 15.2. The molecule has 0 N–H and O–H groups in total. The summed E-state index contributed by atoms with van der Waals surface area (Å²) in [6.07, 6.45) is 1.81. The third-order valence-corrected chi connectivity index (χ3v) is 6.02. The lowest BCUT2D eigenvalue weighted by atomic mass is 10.1. The first-order chi connectivity index (χ1) is 13.3. The van der Waals surface area contributed by atoms with E-state index >= 15 is 0 Å². The van der Waals surface area contributed by atoms with Gasteiger partial charge in [-0.25, -0.2) is 0 Å². The standard InChI is InChI=1S/C20H17BrCl2N2O2S/c1-3-25-19(26)17(24(2)20(25)28)9-12-4-7-18(15(21)8-12)27-11-13-5-6-14(22)10-16(13)23/h4-10H,3,11H2,1-2H3/b17-9-. The molecule has 0 unspecified atom stereocenters. The van der Waals surface area contributed by atoms with Crippen LogP contribution in [0.25, 0.3) is 6.08 Å². The summed E-state index contributed by atoms with van der Waals surface area (Å²) in [7, 11) is 1.80. The Morgan fingerprint density at radius 3 is 2.57 bits per heavy atom. The van der Waals surface area contributed by atoms with Gasteiger partial charge in [0.25, 0.3) is 5.91 Å². The number of carbonyl (C=O) groups excluding carboxylic acids is 1. The Hall–Kier alpha value is -1.60. The summed E-state index contributed by atoms with van der Waals surface area (Å²) < 4.78 is 6.63. The molecule has 4 nitrogen and oxygen atoms in total. The lowest BCUT2D eigenvalue weighted by Crippen LogP contribution is -2.30. The fraction of sp³-hybridized carbons (Fsp3) is 0.200. The quantitative estimate of drug-likeness (QED) is 0.387. The van der Waals surface area contributed by atoms with Crippen molar-refractivity contribution in [2.24, 2.45) is 0 Å². The molecular weight excluding hydrogens is 483 g/mol. The Morgan fingerprint density at radius 2 is 1.96 bits per heavy atom. The van der Waals surface area contributed by atoms with Crippen molar-refractivity contribution in [2.75, 3.05) is 13.6 Å². The zero-order valence-corrected chi connectivity index (χ0v) is 19.1. The summed E-state index contributed by atoms with van der Waals surface area (Å²) in [4.78, 5) is 15.8. The number of hydrogen-bond acceptors (Lipinski definition) is 3. The van der Waals surface area contributed by atoms with Crippen molar-refractivity contribution in [3.63, 3.8) is 0 Å². The van der Waals surface area contributed by atoms with Gasteiger partial charge in [-0.2, -0.15) is 0 Å². The average Bonchev–Trinajstić information content (AvgIpc) is 2.85. The van der Waals surface area contributed by atoms with Crippen molar-refractivity contribution in [2.45, 2.75) is 13.5 Å². The van der Waals surface area contributed by atoms with E-state index in [1.165, 1.54) is 0 Å². The molecule has 0 atom stereocenters. The van der Waals surface area contributed by atoms with Crippen LogP contribution in [0, 0.1) is 0 Å². The molecule has 8 heteroatoms. The first kappa shape index (κ1) is 21.1. The third-order valence-electron chi connectivity index (χ3n) is 4.32. The van der Waals surface area contributed by atoms with Crippen LogP contribution < -0.4 is 4.74 Å². The minimum absolute atomic E-state index is 0.0937. The number of rotatable bonds is 5. The lowest BCUT2D eigenvalue weighted by molar-refractivity contribution is -0.122. The number of benzene rings is 2. The van der Waals surface area contributed by atoms with Crippen LogP contribution in [0.3, 0.4) is 0 Å². The molecule has 0 bridgehead atoms. The van der Waals surface area contributed by atoms with E-state index in [4.69, 9.17) is 40.2 Å². The minimum Gasteiger partial charge on any atom is -0.488 e. The van der Waals surface area contributed by atoms with Crippen molar-refractivity contribution in [3.8, 4) is 5.75 Å². The molecule has 1 saturated heterocycles. The Bertz CT molecular complexity index is 981. The Kier molecular flexibility index (Phi) is 6.65. The molecule has 28 heavy (non-hydrogen) atoms. The largest absolute Gasteiger partial charge is 0.488 e. The monoisotopic (exact) mass is 498 g/mol. The number of nitrogens with zero attached hydrogens (tertiary/aromatic N) is 2. The van der Waals surface area contributed by atoms with Crippen molar-refractivity contribution in [1.29, 1.82) is 0 Å². The highest BCUT2D eigenvalue weighted by atomic mass is 79.9. The molecule has 0 radical (unpaired) electrons. The van der Waals surface area contributed by atoms with Crippen LogP contribution in [0.4, 0.5) is 0 Å². The molecule has 0 aliphatic carbocycles. The number of carbonyl (C=O) groups is 1. The third kappa shape index (κ3) is 4.35. The highest BCUT2D eigenvalue weighted by molar-refractivity contribution is 9.10. The number of amides is 1. The van der Waals surface area contributed by atoms with Gasteiger partial charge in [-0.3, -0.25) is 9.69 Å². The van der Waals surface area contributed by atoms with Gasteiger partial charge in [0.15, 0.2) is 5.11 Å². The van der Waals surface area contributed by atoms with Crippen LogP contribution in [0.1, 0.15) is 18.1 Å². The Morgan fingerprint density at radius 1 is 1.21 bits per heavy atom. The summed E-state index contributed by atoms with van der Waals surface area (Å²) in [5.41, 5.74) is 2.25. The molecule has 0 saturated carbocycles. The number of halogens is 3. The number of ether oxygens (including phenoxy) is 1. The van der Waals surface area contributed by atoms with Gasteiger partial charge in [-0.15, -0.1) is 0 Å². The molecule has 0 aromatic heterocycles. The maximum absolute atomic E-state index is 12.5. The number of thiocarbonyl (C=S) groups is 1. The SMILES string of the molecule is CCN1C(=O)/C(=C/c2ccc(OCc3ccc(Cl)cc3Cl)c(Br)c2)N(C)C1=S. The average molecular weight is 500 g/mol. The molecule has 0 spiro atoms. The van der Waals surface area contributed by atoms with Gasteiger partial charge in [0, 0.05) is 29.2 Å². The summed E-state index contributed by atoms with van der Waals surface area (Å²) in [6.45, 7) is 2.76. The van der Waals surface area contributed by atoms with Crippen LogP contribution in [-0.2, 0) is 11.4 Å². The highest BCUT2D eigenvalue weighted by Crippen LogP contribution is 2.30. The minimum atomic E-state index is -0.0937. The van der Waals surface area contributed by atoms with E-state index in [1.807, 2.05) is 37.3 Å². The lowest BCUT2D eigenvalue weighted by Gasteiger charge is -2.13. The first-order valence-electron chi connectivity index (χ1n) is 8.49. The van der Waals surface area contributed by atoms with Gasteiger partial charge in [-0.05, 0) is 71.0 Å². The van der Waals surface area contributed by atoms with Gasteiger partial charge in [0.05, 0.1) is 4.47 Å². The summed E-state index contributed by atoms with van der Waals surface area (Å²) in [5, 5.41) is 1.65. The van der Waals surface area contributed by atoms with E-state index in [0.717, 1.165) is 15.6 Å². The molecule has 1 fully saturated rings. The summed E-state index contributed by atoms with van der Waals surface area (Å²) >= 11 is 20.9. The predicted molar refractivity (Wildman–Crippen MR) is 121 cm³/mol. The molecule has 3 rings (SSSR count). The van der Waals surface area contributed by atoms with Crippen molar-refractivity contribution in [1.82, 2.24) is 9.80 Å². The van der Waals surface area contributed by atoms with E-state index in [-0.39, 0.29) is 5.91 Å². The Balaban J connectivity index is 1.77. The zero-order chi connectivity index (χ0) is 20.4. The van der Waals surface area contributed by atoms with Gasteiger partial charge < -0.3 is 9.64 Å². The predicted octanol–water partition coefficient (Wildman–Crippen LogP) is 5.75. The smallest absolute Gasteiger partial charge is 0.276 e. The van der Waals surface area contributed by atoms with E-state index in [9.17, 15) is 4.79 Å². The Labute approximate surface area is 187 Å². The molecule has 1 aliphatic rings. The van der Waals surface area contributed by atoms with Crippen LogP contribution in [0.15, 0.2) is 46.6 Å². The first-order valence-corrected chi connectivity index (χ1v) is 10.4. The molecule has 1 heterocycles.